The first-order valence-corrected chi connectivity index (χ1v) is 9.40. The summed E-state index contributed by atoms with van der Waals surface area (Å²) in [6.07, 6.45) is 2.09. The molecule has 2 bridgehead atoms. The van der Waals surface area contributed by atoms with Crippen LogP contribution in [0, 0.1) is 0 Å². The van der Waals surface area contributed by atoms with E-state index in [1.807, 2.05) is 60.7 Å². The number of carbonyl (C=O) groups is 1. The fourth-order valence-corrected chi connectivity index (χ4v) is 4.77. The quantitative estimate of drug-likeness (QED) is 0.920. The summed E-state index contributed by atoms with van der Waals surface area (Å²) in [7, 11) is 2.13. The summed E-state index contributed by atoms with van der Waals surface area (Å²) in [4.78, 5) is 18.4. The van der Waals surface area contributed by atoms with Gasteiger partial charge in [-0.3, -0.25) is 4.79 Å². The third-order valence-electron chi connectivity index (χ3n) is 6.03. The SMILES string of the molecule is CN1CC2CCC(C1)N2C(=O)C(CO)(c1ccccc1)c1ccccc1. The van der Waals surface area contributed by atoms with Crippen molar-refractivity contribution in [1.29, 1.82) is 0 Å². The van der Waals surface area contributed by atoms with Gasteiger partial charge in [0.25, 0.3) is 0 Å². The second-order valence-electron chi connectivity index (χ2n) is 7.61. The lowest BCUT2D eigenvalue weighted by molar-refractivity contribution is -0.143. The highest BCUT2D eigenvalue weighted by molar-refractivity contribution is 5.93. The zero-order valence-corrected chi connectivity index (χ0v) is 15.2. The van der Waals surface area contributed by atoms with Crippen molar-refractivity contribution in [1.82, 2.24) is 9.80 Å². The van der Waals surface area contributed by atoms with E-state index in [9.17, 15) is 9.90 Å². The molecule has 2 aliphatic heterocycles. The molecule has 2 fully saturated rings. The van der Waals surface area contributed by atoms with E-state index in [1.54, 1.807) is 0 Å². The Balaban J connectivity index is 1.82. The van der Waals surface area contributed by atoms with Gasteiger partial charge in [-0.15, -0.1) is 0 Å². The first-order valence-electron chi connectivity index (χ1n) is 9.40. The van der Waals surface area contributed by atoms with E-state index in [2.05, 4.69) is 16.8 Å². The van der Waals surface area contributed by atoms with Crippen LogP contribution < -0.4 is 0 Å². The molecule has 2 atom stereocenters. The number of hydrogen-bond acceptors (Lipinski definition) is 3. The van der Waals surface area contributed by atoms with E-state index >= 15 is 0 Å². The standard InChI is InChI=1S/C22H26N2O2/c1-23-14-19-12-13-20(15-23)24(19)21(26)22(16-25,17-8-4-2-5-9-17)18-10-6-3-7-11-18/h2-11,19-20,25H,12-16H2,1H3. The van der Waals surface area contributed by atoms with Gasteiger partial charge >= 0.3 is 0 Å². The zero-order valence-electron chi connectivity index (χ0n) is 15.2. The van der Waals surface area contributed by atoms with E-state index in [1.165, 1.54) is 0 Å². The van der Waals surface area contributed by atoms with Crippen LogP contribution in [0.15, 0.2) is 60.7 Å². The monoisotopic (exact) mass is 350 g/mol. The van der Waals surface area contributed by atoms with E-state index in [0.29, 0.717) is 0 Å². The molecule has 0 aromatic heterocycles. The molecule has 2 unspecified atom stereocenters. The summed E-state index contributed by atoms with van der Waals surface area (Å²) in [5, 5.41) is 10.6. The van der Waals surface area contributed by atoms with E-state index in [-0.39, 0.29) is 24.6 Å². The molecule has 26 heavy (non-hydrogen) atoms. The highest BCUT2D eigenvalue weighted by Gasteiger charge is 2.50. The zero-order chi connectivity index (χ0) is 18.1. The molecular formula is C22H26N2O2. The van der Waals surface area contributed by atoms with Gasteiger partial charge < -0.3 is 14.9 Å². The maximum absolute atomic E-state index is 14.0. The number of benzene rings is 2. The molecule has 0 aliphatic carbocycles. The molecule has 2 heterocycles. The van der Waals surface area contributed by atoms with E-state index < -0.39 is 5.41 Å². The predicted octanol–water partition coefficient (Wildman–Crippen LogP) is 2.27. The second-order valence-corrected chi connectivity index (χ2v) is 7.61. The summed E-state index contributed by atoms with van der Waals surface area (Å²) >= 11 is 0. The molecule has 2 aromatic carbocycles. The maximum Gasteiger partial charge on any atom is 0.240 e. The van der Waals surface area contributed by atoms with Crippen LogP contribution in [0.5, 0.6) is 0 Å². The average Bonchev–Trinajstić information content (AvgIpc) is 2.95. The summed E-state index contributed by atoms with van der Waals surface area (Å²) in [6.45, 7) is 1.59. The molecule has 2 aromatic rings. The van der Waals surface area contributed by atoms with Gasteiger partial charge in [-0.1, -0.05) is 60.7 Å². The number of piperazine rings is 1. The number of likely N-dealkylation sites (tertiary alicyclic amines) is 1. The van der Waals surface area contributed by atoms with Crippen LogP contribution in [0.1, 0.15) is 24.0 Å². The van der Waals surface area contributed by atoms with Gasteiger partial charge in [-0.2, -0.15) is 0 Å². The van der Waals surface area contributed by atoms with Gasteiger partial charge in [0, 0.05) is 25.2 Å². The van der Waals surface area contributed by atoms with Crippen LogP contribution in [0.2, 0.25) is 0 Å². The minimum absolute atomic E-state index is 0.0398. The Morgan fingerprint density at radius 3 is 1.85 bits per heavy atom. The van der Waals surface area contributed by atoms with Gasteiger partial charge in [0.2, 0.25) is 5.91 Å². The highest BCUT2D eigenvalue weighted by Crippen LogP contribution is 2.39. The number of rotatable bonds is 4. The lowest BCUT2D eigenvalue weighted by Gasteiger charge is -2.44. The van der Waals surface area contributed by atoms with Crippen molar-refractivity contribution in [3.05, 3.63) is 71.8 Å². The first-order chi connectivity index (χ1) is 12.7. The summed E-state index contributed by atoms with van der Waals surface area (Å²) in [5.74, 6) is 0.0398. The Hall–Kier alpha value is -2.17. The molecule has 0 saturated carbocycles. The van der Waals surface area contributed by atoms with Crippen LogP contribution >= 0.6 is 0 Å². The van der Waals surface area contributed by atoms with Crippen molar-refractivity contribution in [2.75, 3.05) is 26.7 Å². The highest BCUT2D eigenvalue weighted by atomic mass is 16.3. The lowest BCUT2D eigenvalue weighted by atomic mass is 9.73. The Labute approximate surface area is 155 Å². The number of nitrogens with zero attached hydrogens (tertiary/aromatic N) is 2. The van der Waals surface area contributed by atoms with Crippen LogP contribution in [0.4, 0.5) is 0 Å². The van der Waals surface area contributed by atoms with E-state index in [4.69, 9.17) is 0 Å². The molecule has 2 aliphatic rings. The van der Waals surface area contributed by atoms with Gasteiger partial charge in [0.15, 0.2) is 0 Å². The minimum Gasteiger partial charge on any atom is -0.395 e. The number of aliphatic hydroxyl groups is 1. The molecule has 2 saturated heterocycles. The van der Waals surface area contributed by atoms with E-state index in [0.717, 1.165) is 37.1 Å². The Morgan fingerprint density at radius 1 is 0.962 bits per heavy atom. The van der Waals surface area contributed by atoms with Crippen molar-refractivity contribution < 1.29 is 9.90 Å². The Bertz CT molecular complexity index is 709. The first kappa shape index (κ1) is 17.3. The topological polar surface area (TPSA) is 43.8 Å². The molecule has 136 valence electrons. The molecular weight excluding hydrogens is 324 g/mol. The molecule has 0 radical (unpaired) electrons. The smallest absolute Gasteiger partial charge is 0.240 e. The van der Waals surface area contributed by atoms with Gasteiger partial charge in [0.05, 0.1) is 6.61 Å². The van der Waals surface area contributed by atoms with Gasteiger partial charge in [0.1, 0.15) is 5.41 Å². The van der Waals surface area contributed by atoms with Crippen molar-refractivity contribution in [3.8, 4) is 0 Å². The second kappa shape index (κ2) is 6.86. The largest absolute Gasteiger partial charge is 0.395 e. The number of carbonyl (C=O) groups excluding carboxylic acids is 1. The number of aliphatic hydroxyl groups excluding tert-OH is 1. The third-order valence-corrected chi connectivity index (χ3v) is 6.03. The van der Waals surface area contributed by atoms with Gasteiger partial charge in [-0.25, -0.2) is 0 Å². The third kappa shape index (κ3) is 2.65. The summed E-state index contributed by atoms with van der Waals surface area (Å²) in [5.41, 5.74) is 0.674. The van der Waals surface area contributed by atoms with Crippen molar-refractivity contribution >= 4 is 5.91 Å². The number of fused-ring (bicyclic) bond motifs is 2. The average molecular weight is 350 g/mol. The minimum atomic E-state index is -1.04. The predicted molar refractivity (Wildman–Crippen MR) is 102 cm³/mol. The van der Waals surface area contributed by atoms with Crippen LogP contribution in [0.25, 0.3) is 0 Å². The lowest BCUT2D eigenvalue weighted by Crippen LogP contribution is -2.60. The fourth-order valence-electron chi connectivity index (χ4n) is 4.77. The maximum atomic E-state index is 14.0. The van der Waals surface area contributed by atoms with Gasteiger partial charge in [-0.05, 0) is 31.0 Å². The normalized spacial score (nSPS) is 23.2. The molecule has 4 nitrogen and oxygen atoms in total. The molecule has 0 spiro atoms. The Morgan fingerprint density at radius 2 is 1.42 bits per heavy atom. The van der Waals surface area contributed by atoms with Crippen molar-refractivity contribution in [2.45, 2.75) is 30.3 Å². The van der Waals surface area contributed by atoms with Crippen molar-refractivity contribution in [2.24, 2.45) is 0 Å². The Kier molecular flexibility index (Phi) is 4.55. The van der Waals surface area contributed by atoms with Crippen LogP contribution in [-0.2, 0) is 10.2 Å². The molecule has 4 heteroatoms. The van der Waals surface area contributed by atoms with Crippen LogP contribution in [0.3, 0.4) is 0 Å². The van der Waals surface area contributed by atoms with Crippen molar-refractivity contribution in [3.63, 3.8) is 0 Å². The number of amides is 1. The number of hydrogen-bond donors (Lipinski definition) is 1. The molecule has 1 N–H and O–H groups in total. The molecule has 1 amide bonds. The summed E-state index contributed by atoms with van der Waals surface area (Å²) < 4.78 is 0. The van der Waals surface area contributed by atoms with Crippen LogP contribution in [-0.4, -0.2) is 59.6 Å². The molecule has 4 rings (SSSR count). The fraction of sp³-hybridized carbons (Fsp3) is 0.409. The number of likely N-dealkylation sites (N-methyl/N-ethyl adjacent to an activating group) is 1. The summed E-state index contributed by atoms with van der Waals surface area (Å²) in [6, 6.07) is 20.0.